The van der Waals surface area contributed by atoms with Gasteiger partial charge in [-0.1, -0.05) is 24.6 Å². The first-order valence-electron chi connectivity index (χ1n) is 6.39. The van der Waals surface area contributed by atoms with E-state index in [1.807, 2.05) is 12.3 Å². The summed E-state index contributed by atoms with van der Waals surface area (Å²) in [6.45, 7) is 0.638. The normalized spacial score (nSPS) is 22.6. The zero-order chi connectivity index (χ0) is 13.0. The molecule has 6 heteroatoms. The summed E-state index contributed by atoms with van der Waals surface area (Å²) in [7, 11) is 0. The van der Waals surface area contributed by atoms with E-state index in [1.165, 1.54) is 18.2 Å². The van der Waals surface area contributed by atoms with E-state index < -0.39 is 0 Å². The number of hydrogen-bond acceptors (Lipinski definition) is 4. The van der Waals surface area contributed by atoms with Crippen LogP contribution in [0.1, 0.15) is 36.2 Å². The average molecular weight is 305 g/mol. The second kappa shape index (κ2) is 7.82. The highest BCUT2D eigenvalue weighted by Gasteiger charge is 2.26. The molecule has 0 bridgehead atoms. The van der Waals surface area contributed by atoms with Crippen molar-refractivity contribution in [2.45, 2.75) is 36.8 Å². The quantitative estimate of drug-likeness (QED) is 0.839. The Morgan fingerprint density at radius 2 is 2.21 bits per heavy atom. The zero-order valence-corrected chi connectivity index (χ0v) is 12.7. The van der Waals surface area contributed by atoms with Gasteiger partial charge in [-0.3, -0.25) is 4.79 Å². The lowest BCUT2D eigenvalue weighted by atomic mass is 9.84. The van der Waals surface area contributed by atoms with Crippen molar-refractivity contribution in [3.63, 3.8) is 0 Å². The van der Waals surface area contributed by atoms with E-state index in [9.17, 15) is 4.79 Å². The number of carbonyl (C=O) groups excluding carboxylic acids is 1. The van der Waals surface area contributed by atoms with Gasteiger partial charge in [-0.25, -0.2) is 0 Å². The van der Waals surface area contributed by atoms with Crippen LogP contribution in [0.25, 0.3) is 0 Å². The zero-order valence-electron chi connectivity index (χ0n) is 11.1. The topological polar surface area (TPSA) is 68.3 Å². The first-order valence-corrected chi connectivity index (χ1v) is 7.62. The fraction of sp³-hybridized carbons (Fsp3) is 0.615. The highest BCUT2D eigenvalue weighted by Crippen LogP contribution is 2.24. The lowest BCUT2D eigenvalue weighted by molar-refractivity contribution is 0.0874. The van der Waals surface area contributed by atoms with Crippen LogP contribution >= 0.6 is 24.2 Å². The molecule has 1 aliphatic rings. The van der Waals surface area contributed by atoms with Gasteiger partial charge in [0.1, 0.15) is 0 Å². The van der Waals surface area contributed by atoms with E-state index in [0.29, 0.717) is 18.2 Å². The second-order valence-corrected chi connectivity index (χ2v) is 5.49. The molecule has 0 aliphatic heterocycles. The summed E-state index contributed by atoms with van der Waals surface area (Å²) in [4.78, 5) is 12.0. The molecular formula is C13H21ClN2O2S. The van der Waals surface area contributed by atoms with Gasteiger partial charge in [0.05, 0.1) is 0 Å². The van der Waals surface area contributed by atoms with Gasteiger partial charge in [0.15, 0.2) is 10.9 Å². The molecule has 4 nitrogen and oxygen atoms in total. The van der Waals surface area contributed by atoms with Crippen molar-refractivity contribution in [3.8, 4) is 0 Å². The third-order valence-corrected chi connectivity index (χ3v) is 4.16. The number of amides is 1. The minimum atomic E-state index is -0.124. The molecule has 2 atom stereocenters. The Labute approximate surface area is 124 Å². The van der Waals surface area contributed by atoms with E-state index >= 15 is 0 Å². The molecule has 0 saturated heterocycles. The molecule has 19 heavy (non-hydrogen) atoms. The van der Waals surface area contributed by atoms with Gasteiger partial charge in [-0.15, -0.1) is 12.4 Å². The second-order valence-electron chi connectivity index (χ2n) is 4.68. The predicted octanol–water partition coefficient (Wildman–Crippen LogP) is 2.67. The smallest absolute Gasteiger partial charge is 0.287 e. The lowest BCUT2D eigenvalue weighted by Crippen LogP contribution is -2.44. The van der Waals surface area contributed by atoms with Crippen molar-refractivity contribution in [2.24, 2.45) is 11.7 Å². The first kappa shape index (κ1) is 16.4. The van der Waals surface area contributed by atoms with Crippen molar-refractivity contribution in [1.82, 2.24) is 5.32 Å². The number of nitrogens with one attached hydrogen (secondary N) is 1. The number of furan rings is 1. The van der Waals surface area contributed by atoms with Crippen LogP contribution in [-0.4, -0.2) is 24.7 Å². The van der Waals surface area contributed by atoms with E-state index in [0.717, 1.165) is 24.4 Å². The SMILES string of the molecule is CSc1ccc(C(=O)NC2CCCCC2CN)o1.Cl. The summed E-state index contributed by atoms with van der Waals surface area (Å²) in [6, 6.07) is 3.74. The summed E-state index contributed by atoms with van der Waals surface area (Å²) < 4.78 is 5.42. The van der Waals surface area contributed by atoms with Gasteiger partial charge in [-0.05, 0) is 43.7 Å². The van der Waals surface area contributed by atoms with Gasteiger partial charge in [0, 0.05) is 6.04 Å². The van der Waals surface area contributed by atoms with Crippen LogP contribution in [0, 0.1) is 5.92 Å². The highest BCUT2D eigenvalue weighted by atomic mass is 35.5. The van der Waals surface area contributed by atoms with Crippen molar-refractivity contribution in [1.29, 1.82) is 0 Å². The Hall–Kier alpha value is -0.650. The maximum atomic E-state index is 12.0. The van der Waals surface area contributed by atoms with Crippen molar-refractivity contribution < 1.29 is 9.21 Å². The molecule has 1 heterocycles. The summed E-state index contributed by atoms with van der Waals surface area (Å²) >= 11 is 1.49. The Morgan fingerprint density at radius 3 is 2.84 bits per heavy atom. The molecular weight excluding hydrogens is 284 g/mol. The molecule has 108 valence electrons. The Kier molecular flexibility index (Phi) is 6.75. The molecule has 1 aromatic heterocycles. The largest absolute Gasteiger partial charge is 0.445 e. The van der Waals surface area contributed by atoms with Gasteiger partial charge >= 0.3 is 0 Å². The number of rotatable bonds is 4. The van der Waals surface area contributed by atoms with Crippen LogP contribution in [0.3, 0.4) is 0 Å². The number of halogens is 1. The van der Waals surface area contributed by atoms with Gasteiger partial charge < -0.3 is 15.5 Å². The lowest BCUT2D eigenvalue weighted by Gasteiger charge is -2.30. The summed E-state index contributed by atoms with van der Waals surface area (Å²) in [6.07, 6.45) is 6.42. The van der Waals surface area contributed by atoms with Crippen molar-refractivity contribution >= 4 is 30.1 Å². The Morgan fingerprint density at radius 1 is 1.47 bits per heavy atom. The molecule has 0 aromatic carbocycles. The average Bonchev–Trinajstić information content (AvgIpc) is 2.88. The molecule has 1 amide bonds. The van der Waals surface area contributed by atoms with Crippen LogP contribution in [0.15, 0.2) is 21.6 Å². The number of thioether (sulfide) groups is 1. The minimum absolute atomic E-state index is 0. The van der Waals surface area contributed by atoms with Crippen LogP contribution in [0.5, 0.6) is 0 Å². The Balaban J connectivity index is 0.00000180. The predicted molar refractivity (Wildman–Crippen MR) is 80.0 cm³/mol. The van der Waals surface area contributed by atoms with E-state index in [4.69, 9.17) is 10.2 Å². The third-order valence-electron chi connectivity index (χ3n) is 3.53. The van der Waals surface area contributed by atoms with Crippen molar-refractivity contribution in [3.05, 3.63) is 17.9 Å². The van der Waals surface area contributed by atoms with E-state index in [-0.39, 0.29) is 24.4 Å². The highest BCUT2D eigenvalue weighted by molar-refractivity contribution is 7.98. The number of hydrogen-bond donors (Lipinski definition) is 2. The molecule has 0 radical (unpaired) electrons. The van der Waals surface area contributed by atoms with Gasteiger partial charge in [0.25, 0.3) is 5.91 Å². The third kappa shape index (κ3) is 4.16. The summed E-state index contributed by atoms with van der Waals surface area (Å²) in [5.41, 5.74) is 5.76. The molecule has 1 saturated carbocycles. The van der Waals surface area contributed by atoms with Crippen molar-refractivity contribution in [2.75, 3.05) is 12.8 Å². The maximum absolute atomic E-state index is 12.0. The minimum Gasteiger partial charge on any atom is -0.445 e. The first-order chi connectivity index (χ1) is 8.74. The fourth-order valence-electron chi connectivity index (χ4n) is 2.47. The Bertz CT molecular complexity index is 411. The number of nitrogens with two attached hydrogens (primary N) is 1. The molecule has 1 aromatic rings. The van der Waals surface area contributed by atoms with Crippen LogP contribution in [0.4, 0.5) is 0 Å². The van der Waals surface area contributed by atoms with Gasteiger partial charge in [0.2, 0.25) is 0 Å². The fourth-order valence-corrected chi connectivity index (χ4v) is 2.85. The maximum Gasteiger partial charge on any atom is 0.287 e. The summed E-state index contributed by atoms with van der Waals surface area (Å²) in [5.74, 6) is 0.666. The molecule has 2 rings (SSSR count). The molecule has 1 fully saturated rings. The molecule has 2 unspecified atom stereocenters. The van der Waals surface area contributed by atoms with Gasteiger partial charge in [-0.2, -0.15) is 0 Å². The number of carbonyl (C=O) groups is 1. The van der Waals surface area contributed by atoms with Crippen LogP contribution in [-0.2, 0) is 0 Å². The molecule has 1 aliphatic carbocycles. The monoisotopic (exact) mass is 304 g/mol. The standard InChI is InChI=1S/C13H20N2O2S.ClH/c1-18-12-7-6-11(17-12)13(16)15-10-5-3-2-4-9(10)8-14;/h6-7,9-10H,2-5,8,14H2,1H3,(H,15,16);1H. The van der Waals surface area contributed by atoms with Crippen LogP contribution in [0.2, 0.25) is 0 Å². The summed E-state index contributed by atoms with van der Waals surface area (Å²) in [5, 5.41) is 3.81. The van der Waals surface area contributed by atoms with E-state index in [2.05, 4.69) is 5.32 Å². The van der Waals surface area contributed by atoms with Crippen LogP contribution < -0.4 is 11.1 Å². The molecule has 3 N–H and O–H groups in total. The molecule has 0 spiro atoms. The van der Waals surface area contributed by atoms with E-state index in [1.54, 1.807) is 6.07 Å².